The van der Waals surface area contributed by atoms with Crippen LogP contribution in [0.3, 0.4) is 0 Å². The Labute approximate surface area is 122 Å². The molecule has 4 heteroatoms. The summed E-state index contributed by atoms with van der Waals surface area (Å²) in [6.07, 6.45) is -0.539. The zero-order valence-electron chi connectivity index (χ0n) is 9.68. The number of aliphatic hydroxyl groups is 1. The second-order valence-corrected chi connectivity index (χ2v) is 7.20. The van der Waals surface area contributed by atoms with E-state index in [9.17, 15) is 5.11 Å². The molecule has 1 N–H and O–H groups in total. The average Bonchev–Trinajstić information content (AvgIpc) is 2.95. The van der Waals surface area contributed by atoms with E-state index in [2.05, 4.69) is 40.4 Å². The minimum absolute atomic E-state index is 0.539. The van der Waals surface area contributed by atoms with Gasteiger partial charge in [0.2, 0.25) is 0 Å². The lowest BCUT2D eigenvalue weighted by molar-refractivity contribution is 0.226. The third-order valence-corrected chi connectivity index (χ3v) is 6.12. The number of halogens is 1. The molecule has 0 fully saturated rings. The van der Waals surface area contributed by atoms with E-state index in [-0.39, 0.29) is 0 Å². The first kappa shape index (κ1) is 12.4. The van der Waals surface area contributed by atoms with E-state index < -0.39 is 6.10 Å². The number of benzene rings is 1. The average molecular weight is 339 g/mol. The SMILES string of the molecule is Cc1sc(C(O)c2cccc3ccsc23)cc1Br. The van der Waals surface area contributed by atoms with Crippen molar-refractivity contribution >= 4 is 48.7 Å². The molecule has 0 aliphatic rings. The van der Waals surface area contributed by atoms with Crippen molar-refractivity contribution in [2.45, 2.75) is 13.0 Å². The molecule has 0 amide bonds. The molecule has 1 unspecified atom stereocenters. The maximum atomic E-state index is 10.5. The third kappa shape index (κ3) is 2.03. The molecule has 0 aliphatic heterocycles. The topological polar surface area (TPSA) is 20.2 Å². The Morgan fingerprint density at radius 3 is 2.83 bits per heavy atom. The summed E-state index contributed by atoms with van der Waals surface area (Å²) in [5.74, 6) is 0. The normalized spacial score (nSPS) is 13.1. The van der Waals surface area contributed by atoms with Gasteiger partial charge in [-0.25, -0.2) is 0 Å². The summed E-state index contributed by atoms with van der Waals surface area (Å²) < 4.78 is 2.24. The molecule has 3 rings (SSSR count). The van der Waals surface area contributed by atoms with Crippen LogP contribution in [-0.4, -0.2) is 5.11 Å². The first-order valence-electron chi connectivity index (χ1n) is 5.57. The van der Waals surface area contributed by atoms with Gasteiger partial charge >= 0.3 is 0 Å². The molecule has 0 bridgehead atoms. The molecule has 1 nitrogen and oxygen atoms in total. The van der Waals surface area contributed by atoms with Crippen molar-refractivity contribution in [2.75, 3.05) is 0 Å². The van der Waals surface area contributed by atoms with Crippen LogP contribution >= 0.6 is 38.6 Å². The van der Waals surface area contributed by atoms with E-state index in [0.29, 0.717) is 0 Å². The van der Waals surface area contributed by atoms with E-state index in [4.69, 9.17) is 0 Å². The second-order valence-electron chi connectivity index (χ2n) is 4.14. The zero-order chi connectivity index (χ0) is 12.7. The van der Waals surface area contributed by atoms with E-state index in [1.54, 1.807) is 22.7 Å². The molecule has 18 heavy (non-hydrogen) atoms. The maximum Gasteiger partial charge on any atom is 0.115 e. The monoisotopic (exact) mass is 338 g/mol. The third-order valence-electron chi connectivity index (χ3n) is 2.95. The van der Waals surface area contributed by atoms with Gasteiger partial charge in [-0.15, -0.1) is 22.7 Å². The Morgan fingerprint density at radius 2 is 2.11 bits per heavy atom. The summed E-state index contributed by atoms with van der Waals surface area (Å²) in [5, 5.41) is 13.8. The van der Waals surface area contributed by atoms with Gasteiger partial charge in [0.1, 0.15) is 6.10 Å². The Bertz CT molecular complexity index is 679. The van der Waals surface area contributed by atoms with Gasteiger partial charge in [-0.1, -0.05) is 18.2 Å². The van der Waals surface area contributed by atoms with Crippen molar-refractivity contribution in [3.8, 4) is 0 Å². The van der Waals surface area contributed by atoms with Crippen molar-refractivity contribution < 1.29 is 5.11 Å². The molecule has 2 heterocycles. The Balaban J connectivity index is 2.11. The van der Waals surface area contributed by atoms with E-state index in [1.807, 2.05) is 18.2 Å². The van der Waals surface area contributed by atoms with Crippen LogP contribution in [0.1, 0.15) is 21.4 Å². The fourth-order valence-electron chi connectivity index (χ4n) is 2.00. The molecule has 0 saturated heterocycles. The highest BCUT2D eigenvalue weighted by Crippen LogP contribution is 2.37. The molecule has 0 saturated carbocycles. The first-order chi connectivity index (χ1) is 8.66. The molecule has 0 radical (unpaired) electrons. The van der Waals surface area contributed by atoms with Crippen molar-refractivity contribution in [3.05, 3.63) is 55.5 Å². The lowest BCUT2D eigenvalue weighted by Gasteiger charge is -2.09. The number of hydrogen-bond acceptors (Lipinski definition) is 3. The molecule has 92 valence electrons. The second kappa shape index (κ2) is 4.78. The first-order valence-corrected chi connectivity index (χ1v) is 8.06. The van der Waals surface area contributed by atoms with Crippen LogP contribution in [-0.2, 0) is 0 Å². The molecular weight excluding hydrogens is 328 g/mol. The van der Waals surface area contributed by atoms with Crippen LogP contribution in [0.25, 0.3) is 10.1 Å². The van der Waals surface area contributed by atoms with Crippen LogP contribution in [0.2, 0.25) is 0 Å². The summed E-state index contributed by atoms with van der Waals surface area (Å²) in [6.45, 7) is 2.05. The van der Waals surface area contributed by atoms with E-state index in [1.165, 1.54) is 15.0 Å². The summed E-state index contributed by atoms with van der Waals surface area (Å²) in [4.78, 5) is 2.18. The molecule has 1 aromatic carbocycles. The number of fused-ring (bicyclic) bond motifs is 1. The lowest BCUT2D eigenvalue weighted by atomic mass is 10.1. The number of hydrogen-bond donors (Lipinski definition) is 1. The molecule has 3 aromatic rings. The molecule has 0 spiro atoms. The van der Waals surface area contributed by atoms with Crippen molar-refractivity contribution in [1.29, 1.82) is 0 Å². The lowest BCUT2D eigenvalue weighted by Crippen LogP contribution is -1.96. The fraction of sp³-hybridized carbons (Fsp3) is 0.143. The molecule has 0 aliphatic carbocycles. The Kier molecular flexibility index (Phi) is 3.28. The van der Waals surface area contributed by atoms with E-state index in [0.717, 1.165) is 14.9 Å². The quantitative estimate of drug-likeness (QED) is 0.687. The molecular formula is C14H11BrOS2. The summed E-state index contributed by atoms with van der Waals surface area (Å²) in [6, 6.07) is 10.2. The molecule has 1 atom stereocenters. The Morgan fingerprint density at radius 1 is 1.28 bits per heavy atom. The minimum Gasteiger partial charge on any atom is -0.383 e. The van der Waals surface area contributed by atoms with Crippen LogP contribution in [0, 0.1) is 6.92 Å². The number of aryl methyl sites for hydroxylation is 1. The minimum atomic E-state index is -0.539. The van der Waals surface area contributed by atoms with Crippen LogP contribution < -0.4 is 0 Å². The number of rotatable bonds is 2. The highest BCUT2D eigenvalue weighted by atomic mass is 79.9. The van der Waals surface area contributed by atoms with Gasteiger partial charge in [0.05, 0.1) is 0 Å². The Hall–Kier alpha value is -0.680. The zero-order valence-corrected chi connectivity index (χ0v) is 12.9. The largest absolute Gasteiger partial charge is 0.383 e. The van der Waals surface area contributed by atoms with Gasteiger partial charge in [-0.3, -0.25) is 0 Å². The van der Waals surface area contributed by atoms with Crippen molar-refractivity contribution in [2.24, 2.45) is 0 Å². The van der Waals surface area contributed by atoms with E-state index >= 15 is 0 Å². The standard InChI is InChI=1S/C14H11BrOS2/c1-8-11(15)7-12(18-8)13(16)10-4-2-3-9-5-6-17-14(9)10/h2-7,13,16H,1H3. The van der Waals surface area contributed by atoms with Gasteiger partial charge in [0, 0.05) is 24.5 Å². The number of aliphatic hydroxyl groups excluding tert-OH is 1. The van der Waals surface area contributed by atoms with Gasteiger partial charge in [-0.05, 0) is 45.8 Å². The summed E-state index contributed by atoms with van der Waals surface area (Å²) in [7, 11) is 0. The molecule has 2 aromatic heterocycles. The predicted molar refractivity (Wildman–Crippen MR) is 82.6 cm³/mol. The van der Waals surface area contributed by atoms with Crippen LogP contribution in [0.15, 0.2) is 40.2 Å². The van der Waals surface area contributed by atoms with Crippen LogP contribution in [0.4, 0.5) is 0 Å². The fourth-order valence-corrected chi connectivity index (χ4v) is 4.51. The van der Waals surface area contributed by atoms with Crippen LogP contribution in [0.5, 0.6) is 0 Å². The van der Waals surface area contributed by atoms with Gasteiger partial charge in [-0.2, -0.15) is 0 Å². The summed E-state index contributed by atoms with van der Waals surface area (Å²) >= 11 is 6.82. The van der Waals surface area contributed by atoms with Crippen molar-refractivity contribution in [3.63, 3.8) is 0 Å². The number of thiophene rings is 2. The van der Waals surface area contributed by atoms with Gasteiger partial charge in [0.25, 0.3) is 0 Å². The maximum absolute atomic E-state index is 10.5. The highest BCUT2D eigenvalue weighted by Gasteiger charge is 2.17. The van der Waals surface area contributed by atoms with Gasteiger partial charge in [0.15, 0.2) is 0 Å². The predicted octanol–water partition coefficient (Wildman–Crippen LogP) is 5.12. The van der Waals surface area contributed by atoms with Gasteiger partial charge < -0.3 is 5.11 Å². The highest BCUT2D eigenvalue weighted by molar-refractivity contribution is 9.10. The smallest absolute Gasteiger partial charge is 0.115 e. The summed E-state index contributed by atoms with van der Waals surface area (Å²) in [5.41, 5.74) is 0.997. The van der Waals surface area contributed by atoms with Crippen molar-refractivity contribution in [1.82, 2.24) is 0 Å².